The summed E-state index contributed by atoms with van der Waals surface area (Å²) in [6.07, 6.45) is 0.200. The first-order valence-corrected chi connectivity index (χ1v) is 4.75. The summed E-state index contributed by atoms with van der Waals surface area (Å²) in [4.78, 5) is 10.7. The Kier molecular flexibility index (Phi) is 2.15. The lowest BCUT2D eigenvalue weighted by Crippen LogP contribution is -2.18. The normalized spacial score (nSPS) is 24.1. The lowest BCUT2D eigenvalue weighted by atomic mass is 9.93. The Balaban J connectivity index is 2.30. The minimum atomic E-state index is -0.736. The molecule has 1 aromatic carbocycles. The summed E-state index contributed by atoms with van der Waals surface area (Å²) in [5.74, 6) is -0.635. The van der Waals surface area contributed by atoms with Crippen LogP contribution in [-0.4, -0.2) is 17.1 Å². The van der Waals surface area contributed by atoms with E-state index in [0.717, 1.165) is 11.3 Å². The first kappa shape index (κ1) is 9.06. The second-order valence-corrected chi connectivity index (χ2v) is 3.72. The standard InChI is InChI=1S/C11H13NO2/c1-7-9(6-11(13)14)8-4-2-3-5-10(8)12-7/h2-5,7,9,12H,6H2,1H3,(H,13,14)/t7-,9-/m1/s1. The van der Waals surface area contributed by atoms with Crippen molar-refractivity contribution in [3.05, 3.63) is 29.8 Å². The van der Waals surface area contributed by atoms with Gasteiger partial charge in [0.15, 0.2) is 0 Å². The Morgan fingerprint density at radius 1 is 1.50 bits per heavy atom. The molecule has 1 aliphatic heterocycles. The van der Waals surface area contributed by atoms with Crippen LogP contribution in [0.2, 0.25) is 0 Å². The van der Waals surface area contributed by atoms with Crippen LogP contribution in [0.4, 0.5) is 5.69 Å². The summed E-state index contributed by atoms with van der Waals surface area (Å²) < 4.78 is 0. The molecule has 0 aliphatic carbocycles. The molecule has 0 aromatic heterocycles. The Morgan fingerprint density at radius 3 is 2.93 bits per heavy atom. The summed E-state index contributed by atoms with van der Waals surface area (Å²) in [7, 11) is 0. The highest BCUT2D eigenvalue weighted by atomic mass is 16.4. The fourth-order valence-corrected chi connectivity index (χ4v) is 2.04. The highest BCUT2D eigenvalue weighted by Gasteiger charge is 2.29. The maximum Gasteiger partial charge on any atom is 0.304 e. The number of rotatable bonds is 2. The van der Waals surface area contributed by atoms with Gasteiger partial charge in [-0.05, 0) is 18.6 Å². The summed E-state index contributed by atoms with van der Waals surface area (Å²) in [5, 5.41) is 12.1. The van der Waals surface area contributed by atoms with E-state index in [-0.39, 0.29) is 18.4 Å². The molecule has 3 nitrogen and oxygen atoms in total. The van der Waals surface area contributed by atoms with Gasteiger partial charge in [-0.15, -0.1) is 0 Å². The van der Waals surface area contributed by atoms with Crippen molar-refractivity contribution in [1.29, 1.82) is 0 Å². The summed E-state index contributed by atoms with van der Waals surface area (Å²) in [6, 6.07) is 8.12. The zero-order valence-corrected chi connectivity index (χ0v) is 8.03. The van der Waals surface area contributed by atoms with E-state index in [9.17, 15) is 4.79 Å². The molecule has 0 unspecified atom stereocenters. The fourth-order valence-electron chi connectivity index (χ4n) is 2.04. The Hall–Kier alpha value is -1.51. The molecule has 1 aliphatic rings. The third kappa shape index (κ3) is 1.45. The van der Waals surface area contributed by atoms with Gasteiger partial charge < -0.3 is 10.4 Å². The molecule has 1 aromatic rings. The second-order valence-electron chi connectivity index (χ2n) is 3.72. The predicted molar refractivity (Wildman–Crippen MR) is 54.5 cm³/mol. The van der Waals surface area contributed by atoms with Crippen LogP contribution in [0.25, 0.3) is 0 Å². The van der Waals surface area contributed by atoms with Crippen molar-refractivity contribution < 1.29 is 9.90 Å². The van der Waals surface area contributed by atoms with Gasteiger partial charge in [0.25, 0.3) is 0 Å². The molecule has 74 valence electrons. The lowest BCUT2D eigenvalue weighted by molar-refractivity contribution is -0.137. The van der Waals surface area contributed by atoms with Gasteiger partial charge in [0.2, 0.25) is 0 Å². The lowest BCUT2D eigenvalue weighted by Gasteiger charge is -2.13. The van der Waals surface area contributed by atoms with Gasteiger partial charge >= 0.3 is 5.97 Å². The molecule has 0 radical (unpaired) electrons. The van der Waals surface area contributed by atoms with Crippen LogP contribution in [0, 0.1) is 0 Å². The van der Waals surface area contributed by atoms with Crippen LogP contribution in [0.5, 0.6) is 0 Å². The predicted octanol–water partition coefficient (Wildman–Crippen LogP) is 2.06. The van der Waals surface area contributed by atoms with Crippen molar-refractivity contribution in [3.63, 3.8) is 0 Å². The van der Waals surface area contributed by atoms with Crippen LogP contribution in [0.1, 0.15) is 24.8 Å². The van der Waals surface area contributed by atoms with E-state index < -0.39 is 5.97 Å². The third-order valence-corrected chi connectivity index (χ3v) is 2.74. The van der Waals surface area contributed by atoms with E-state index in [1.807, 2.05) is 31.2 Å². The molecule has 0 spiro atoms. The first-order chi connectivity index (χ1) is 6.68. The smallest absolute Gasteiger partial charge is 0.304 e. The molecule has 0 amide bonds. The number of para-hydroxylation sites is 1. The number of carbonyl (C=O) groups is 1. The van der Waals surface area contributed by atoms with Crippen LogP contribution >= 0.6 is 0 Å². The van der Waals surface area contributed by atoms with E-state index in [1.54, 1.807) is 0 Å². The fraction of sp³-hybridized carbons (Fsp3) is 0.364. The Labute approximate surface area is 82.8 Å². The maximum absolute atomic E-state index is 10.7. The number of hydrogen-bond donors (Lipinski definition) is 2. The molecular weight excluding hydrogens is 178 g/mol. The average Bonchev–Trinajstić information content (AvgIpc) is 2.43. The van der Waals surface area contributed by atoms with Gasteiger partial charge in [-0.3, -0.25) is 4.79 Å². The number of fused-ring (bicyclic) bond motifs is 1. The molecule has 0 fully saturated rings. The van der Waals surface area contributed by atoms with E-state index in [1.165, 1.54) is 0 Å². The molecule has 0 saturated heterocycles. The number of nitrogens with one attached hydrogen (secondary N) is 1. The van der Waals surface area contributed by atoms with E-state index in [2.05, 4.69) is 5.32 Å². The number of carboxylic acids is 1. The van der Waals surface area contributed by atoms with Crippen molar-refractivity contribution in [3.8, 4) is 0 Å². The Morgan fingerprint density at radius 2 is 2.21 bits per heavy atom. The number of anilines is 1. The minimum Gasteiger partial charge on any atom is -0.481 e. The van der Waals surface area contributed by atoms with Gasteiger partial charge in [0.1, 0.15) is 0 Å². The molecule has 0 saturated carbocycles. The van der Waals surface area contributed by atoms with Crippen LogP contribution in [-0.2, 0) is 4.79 Å². The van der Waals surface area contributed by atoms with E-state index in [4.69, 9.17) is 5.11 Å². The average molecular weight is 191 g/mol. The maximum atomic E-state index is 10.7. The number of hydrogen-bond acceptors (Lipinski definition) is 2. The van der Waals surface area contributed by atoms with Crippen LogP contribution < -0.4 is 5.32 Å². The molecule has 3 heteroatoms. The van der Waals surface area contributed by atoms with Crippen LogP contribution in [0.3, 0.4) is 0 Å². The molecule has 2 N–H and O–H groups in total. The third-order valence-electron chi connectivity index (χ3n) is 2.74. The summed E-state index contributed by atoms with van der Waals surface area (Å²) in [6.45, 7) is 2.02. The molecule has 2 atom stereocenters. The monoisotopic (exact) mass is 191 g/mol. The van der Waals surface area contributed by atoms with Crippen LogP contribution in [0.15, 0.2) is 24.3 Å². The van der Waals surface area contributed by atoms with Crippen molar-refractivity contribution >= 4 is 11.7 Å². The summed E-state index contributed by atoms with van der Waals surface area (Å²) >= 11 is 0. The van der Waals surface area contributed by atoms with Crippen molar-refractivity contribution in [2.75, 3.05) is 5.32 Å². The number of aliphatic carboxylic acids is 1. The zero-order chi connectivity index (χ0) is 10.1. The van der Waals surface area contributed by atoms with Crippen molar-refractivity contribution in [2.24, 2.45) is 0 Å². The van der Waals surface area contributed by atoms with E-state index >= 15 is 0 Å². The van der Waals surface area contributed by atoms with Gasteiger partial charge in [0.05, 0.1) is 6.42 Å². The number of benzene rings is 1. The Bertz CT molecular complexity index is 362. The largest absolute Gasteiger partial charge is 0.481 e. The van der Waals surface area contributed by atoms with Gasteiger partial charge in [-0.25, -0.2) is 0 Å². The second kappa shape index (κ2) is 3.33. The molecule has 2 rings (SSSR count). The molecule has 0 bridgehead atoms. The summed E-state index contributed by atoms with van der Waals surface area (Å²) in [5.41, 5.74) is 2.20. The van der Waals surface area contributed by atoms with Crippen molar-refractivity contribution in [1.82, 2.24) is 0 Å². The molecule has 1 heterocycles. The number of carboxylic acid groups (broad SMARTS) is 1. The highest BCUT2D eigenvalue weighted by molar-refractivity contribution is 5.71. The van der Waals surface area contributed by atoms with Crippen molar-refractivity contribution in [2.45, 2.75) is 25.3 Å². The van der Waals surface area contributed by atoms with Gasteiger partial charge in [0, 0.05) is 17.6 Å². The quantitative estimate of drug-likeness (QED) is 0.752. The van der Waals surface area contributed by atoms with Gasteiger partial charge in [-0.1, -0.05) is 18.2 Å². The zero-order valence-electron chi connectivity index (χ0n) is 8.03. The topological polar surface area (TPSA) is 49.3 Å². The molecule has 14 heavy (non-hydrogen) atoms. The van der Waals surface area contributed by atoms with Gasteiger partial charge in [-0.2, -0.15) is 0 Å². The first-order valence-electron chi connectivity index (χ1n) is 4.75. The minimum absolute atomic E-state index is 0.101. The molecular formula is C11H13NO2. The SMILES string of the molecule is C[C@H]1Nc2ccccc2[C@@H]1CC(=O)O. The van der Waals surface area contributed by atoms with E-state index in [0.29, 0.717) is 0 Å². The highest BCUT2D eigenvalue weighted by Crippen LogP contribution is 2.37.